The molecule has 0 aromatic rings. The van der Waals surface area contributed by atoms with Gasteiger partial charge in [-0.3, -0.25) is 4.79 Å². The van der Waals surface area contributed by atoms with Crippen LogP contribution in [0.15, 0.2) is 0 Å². The van der Waals surface area contributed by atoms with Crippen LogP contribution in [0.5, 0.6) is 0 Å². The highest BCUT2D eigenvalue weighted by atomic mass is 19.1. The van der Waals surface area contributed by atoms with Crippen molar-refractivity contribution in [3.8, 4) is 0 Å². The fraction of sp³-hybridized carbons (Fsp3) is 0.800. The predicted molar refractivity (Wildman–Crippen MR) is 51.9 cm³/mol. The summed E-state index contributed by atoms with van der Waals surface area (Å²) in [4.78, 5) is 22.7. The Labute approximate surface area is 88.2 Å². The molecule has 1 unspecified atom stereocenters. The van der Waals surface area contributed by atoms with Crippen molar-refractivity contribution >= 4 is 11.9 Å². The van der Waals surface area contributed by atoms with Gasteiger partial charge in [-0.2, -0.15) is 0 Å². The first kappa shape index (κ1) is 11.9. The van der Waals surface area contributed by atoms with Gasteiger partial charge in [0.2, 0.25) is 0 Å². The Morgan fingerprint density at radius 1 is 1.53 bits per heavy atom. The van der Waals surface area contributed by atoms with Crippen LogP contribution < -0.4 is 5.32 Å². The van der Waals surface area contributed by atoms with Gasteiger partial charge < -0.3 is 10.1 Å². The van der Waals surface area contributed by atoms with E-state index in [9.17, 15) is 14.0 Å². The van der Waals surface area contributed by atoms with Gasteiger partial charge in [0.25, 0.3) is 11.6 Å². The molecule has 1 N–H and O–H groups in total. The summed E-state index contributed by atoms with van der Waals surface area (Å²) >= 11 is 0. The second kappa shape index (κ2) is 3.79. The fourth-order valence-corrected chi connectivity index (χ4v) is 1.34. The van der Waals surface area contributed by atoms with Crippen molar-refractivity contribution in [1.29, 1.82) is 0 Å². The van der Waals surface area contributed by atoms with Gasteiger partial charge in [0.05, 0.1) is 0 Å². The maximum absolute atomic E-state index is 14.0. The molecule has 1 fully saturated rings. The third kappa shape index (κ3) is 2.67. The van der Waals surface area contributed by atoms with Crippen LogP contribution in [0.3, 0.4) is 0 Å². The second-order valence-corrected chi connectivity index (χ2v) is 4.66. The molecule has 0 radical (unpaired) electrons. The number of esters is 1. The maximum Gasteiger partial charge on any atom is 0.354 e. The van der Waals surface area contributed by atoms with Crippen LogP contribution in [0.1, 0.15) is 33.6 Å². The molecule has 5 heteroatoms. The van der Waals surface area contributed by atoms with Crippen LogP contribution in [0, 0.1) is 0 Å². The molecule has 1 rings (SSSR count). The molecule has 0 aromatic carbocycles. The monoisotopic (exact) mass is 217 g/mol. The molecule has 0 bridgehead atoms. The summed E-state index contributed by atoms with van der Waals surface area (Å²) < 4.78 is 18.9. The SMILES string of the molecule is CC(C)(C)OC(=O)C1(F)CCCNC1=O. The molecular formula is C10H16FNO3. The smallest absolute Gasteiger partial charge is 0.354 e. The van der Waals surface area contributed by atoms with E-state index in [1.54, 1.807) is 20.8 Å². The average molecular weight is 217 g/mol. The third-order valence-electron chi connectivity index (χ3n) is 2.07. The average Bonchev–Trinajstić information content (AvgIpc) is 2.07. The normalized spacial score (nSPS) is 27.1. The molecule has 86 valence electrons. The van der Waals surface area contributed by atoms with Crippen molar-refractivity contribution in [2.75, 3.05) is 6.54 Å². The minimum absolute atomic E-state index is 0.103. The minimum atomic E-state index is -2.51. The van der Waals surface area contributed by atoms with E-state index in [-0.39, 0.29) is 6.42 Å². The Morgan fingerprint density at radius 3 is 2.60 bits per heavy atom. The van der Waals surface area contributed by atoms with Gasteiger partial charge in [0.1, 0.15) is 5.60 Å². The van der Waals surface area contributed by atoms with E-state index < -0.39 is 23.1 Å². The van der Waals surface area contributed by atoms with Crippen LogP contribution in [0.4, 0.5) is 4.39 Å². The zero-order valence-electron chi connectivity index (χ0n) is 9.22. The molecule has 0 aromatic heterocycles. The Kier molecular flexibility index (Phi) is 3.02. The van der Waals surface area contributed by atoms with Gasteiger partial charge in [-0.05, 0) is 27.2 Å². The predicted octanol–water partition coefficient (Wildman–Crippen LogP) is 0.946. The molecule has 0 aliphatic carbocycles. The Morgan fingerprint density at radius 2 is 2.13 bits per heavy atom. The molecule has 4 nitrogen and oxygen atoms in total. The molecule has 1 amide bonds. The van der Waals surface area contributed by atoms with Gasteiger partial charge in [-0.15, -0.1) is 0 Å². The summed E-state index contributed by atoms with van der Waals surface area (Å²) in [7, 11) is 0. The van der Waals surface area contributed by atoms with Crippen LogP contribution >= 0.6 is 0 Å². The highest BCUT2D eigenvalue weighted by molar-refractivity contribution is 6.06. The molecular weight excluding hydrogens is 201 g/mol. The van der Waals surface area contributed by atoms with Crippen molar-refractivity contribution < 1.29 is 18.7 Å². The number of rotatable bonds is 1. The number of piperidine rings is 1. The van der Waals surface area contributed by atoms with Crippen molar-refractivity contribution in [3.05, 3.63) is 0 Å². The Hall–Kier alpha value is -1.13. The molecule has 1 heterocycles. The summed E-state index contributed by atoms with van der Waals surface area (Å²) in [6.07, 6.45) is 0.342. The van der Waals surface area contributed by atoms with E-state index in [0.29, 0.717) is 13.0 Å². The van der Waals surface area contributed by atoms with Crippen molar-refractivity contribution in [2.45, 2.75) is 44.9 Å². The third-order valence-corrected chi connectivity index (χ3v) is 2.07. The number of nitrogens with one attached hydrogen (secondary N) is 1. The second-order valence-electron chi connectivity index (χ2n) is 4.66. The molecule has 15 heavy (non-hydrogen) atoms. The molecule has 1 aliphatic heterocycles. The Balaban J connectivity index is 2.76. The summed E-state index contributed by atoms with van der Waals surface area (Å²) in [5.74, 6) is -1.98. The summed E-state index contributed by atoms with van der Waals surface area (Å²) in [5, 5.41) is 2.32. The largest absolute Gasteiger partial charge is 0.457 e. The van der Waals surface area contributed by atoms with Gasteiger partial charge >= 0.3 is 5.97 Å². The summed E-state index contributed by atoms with van der Waals surface area (Å²) in [6.45, 7) is 5.31. The fourth-order valence-electron chi connectivity index (χ4n) is 1.34. The quantitative estimate of drug-likeness (QED) is 0.525. The van der Waals surface area contributed by atoms with Crippen LogP contribution in [-0.4, -0.2) is 29.7 Å². The number of hydrogen-bond acceptors (Lipinski definition) is 3. The number of hydrogen-bond donors (Lipinski definition) is 1. The molecule has 0 saturated carbocycles. The van der Waals surface area contributed by atoms with E-state index in [0.717, 1.165) is 0 Å². The van der Waals surface area contributed by atoms with Gasteiger partial charge in [-0.25, -0.2) is 9.18 Å². The first-order valence-corrected chi connectivity index (χ1v) is 4.96. The number of halogens is 1. The van der Waals surface area contributed by atoms with Crippen molar-refractivity contribution in [3.63, 3.8) is 0 Å². The number of amides is 1. The van der Waals surface area contributed by atoms with Gasteiger partial charge in [-0.1, -0.05) is 0 Å². The van der Waals surface area contributed by atoms with Crippen LogP contribution in [0.2, 0.25) is 0 Å². The lowest BCUT2D eigenvalue weighted by atomic mass is 9.95. The van der Waals surface area contributed by atoms with E-state index in [1.165, 1.54) is 0 Å². The first-order valence-electron chi connectivity index (χ1n) is 4.96. The van der Waals surface area contributed by atoms with E-state index in [1.807, 2.05) is 0 Å². The van der Waals surface area contributed by atoms with E-state index >= 15 is 0 Å². The highest BCUT2D eigenvalue weighted by Crippen LogP contribution is 2.26. The maximum atomic E-state index is 14.0. The van der Waals surface area contributed by atoms with E-state index in [2.05, 4.69) is 5.32 Å². The highest BCUT2D eigenvalue weighted by Gasteiger charge is 2.50. The number of ether oxygens (including phenoxy) is 1. The lowest BCUT2D eigenvalue weighted by Gasteiger charge is -2.30. The molecule has 1 atom stereocenters. The molecule has 0 spiro atoms. The molecule has 1 saturated heterocycles. The van der Waals surface area contributed by atoms with Gasteiger partial charge in [0, 0.05) is 13.0 Å². The lowest BCUT2D eigenvalue weighted by molar-refractivity contribution is -0.174. The summed E-state index contributed by atoms with van der Waals surface area (Å²) in [5.41, 5.74) is -3.29. The topological polar surface area (TPSA) is 55.4 Å². The van der Waals surface area contributed by atoms with Gasteiger partial charge in [0.15, 0.2) is 0 Å². The molecule has 1 aliphatic rings. The van der Waals surface area contributed by atoms with Crippen LogP contribution in [-0.2, 0) is 14.3 Å². The van der Waals surface area contributed by atoms with Crippen LogP contribution in [0.25, 0.3) is 0 Å². The standard InChI is InChI=1S/C10H16FNO3/c1-9(2,3)15-8(14)10(11)5-4-6-12-7(10)13/h4-6H2,1-3H3,(H,12,13). The van der Waals surface area contributed by atoms with Crippen molar-refractivity contribution in [2.24, 2.45) is 0 Å². The number of carbonyl (C=O) groups excluding carboxylic acids is 2. The lowest BCUT2D eigenvalue weighted by Crippen LogP contribution is -2.55. The summed E-state index contributed by atoms with van der Waals surface area (Å²) in [6, 6.07) is 0. The van der Waals surface area contributed by atoms with E-state index in [4.69, 9.17) is 4.74 Å². The zero-order valence-corrected chi connectivity index (χ0v) is 9.22. The van der Waals surface area contributed by atoms with Crippen molar-refractivity contribution in [1.82, 2.24) is 5.32 Å². The Bertz CT molecular complexity index is 285. The number of carbonyl (C=O) groups is 2. The zero-order chi connectivity index (χ0) is 11.7. The minimum Gasteiger partial charge on any atom is -0.457 e. The number of alkyl halides is 1. The first-order chi connectivity index (χ1) is 6.76.